The summed E-state index contributed by atoms with van der Waals surface area (Å²) in [5, 5.41) is 21.7. The predicted octanol–water partition coefficient (Wildman–Crippen LogP) is -0.103. The van der Waals surface area contributed by atoms with Crippen LogP contribution in [0.4, 0.5) is 5.82 Å². The van der Waals surface area contributed by atoms with Crippen molar-refractivity contribution >= 4 is 11.7 Å². The third-order valence-electron chi connectivity index (χ3n) is 4.68. The third-order valence-corrected chi connectivity index (χ3v) is 4.68. The van der Waals surface area contributed by atoms with Gasteiger partial charge >= 0.3 is 0 Å². The Morgan fingerprint density at radius 3 is 2.92 bits per heavy atom. The molecule has 0 spiro atoms. The van der Waals surface area contributed by atoms with Crippen molar-refractivity contribution in [2.24, 2.45) is 0 Å². The number of carbonyl (C=O) groups excluding carboxylic acids is 1. The molecular formula is C16H21N7O. The molecule has 8 heteroatoms. The number of H-pyrrole nitrogens is 1. The second-order valence-electron chi connectivity index (χ2n) is 6.30. The first-order valence-corrected chi connectivity index (χ1v) is 8.41. The lowest BCUT2D eigenvalue weighted by atomic mass is 9.94. The highest BCUT2D eigenvalue weighted by Crippen LogP contribution is 2.19. The molecule has 1 saturated heterocycles. The zero-order valence-electron chi connectivity index (χ0n) is 13.5. The Balaban J connectivity index is 1.38. The number of nitrogens with zero attached hydrogens (tertiary/aromatic N) is 4. The fraction of sp³-hybridized carbons (Fsp3) is 0.500. The molecule has 1 fully saturated rings. The van der Waals surface area contributed by atoms with Crippen LogP contribution >= 0.6 is 0 Å². The minimum atomic E-state index is -0.165. The Hall–Kier alpha value is -2.48. The Morgan fingerprint density at radius 1 is 1.25 bits per heavy atom. The standard InChI is InChI=1S/C16H21N7O/c24-16(19-12-2-1-11-10-18-20-14(11)9-12)13-3-4-15(22-21-13)23-7-5-17-6-8-23/h3-4,10,12,17H,1-2,5-9H2,(H,18,20)(H,19,24). The van der Waals surface area contributed by atoms with E-state index in [2.05, 4.69) is 35.9 Å². The summed E-state index contributed by atoms with van der Waals surface area (Å²) in [6.45, 7) is 3.71. The Labute approximate surface area is 140 Å². The molecule has 1 unspecified atom stereocenters. The zero-order chi connectivity index (χ0) is 16.4. The van der Waals surface area contributed by atoms with Gasteiger partial charge in [0.15, 0.2) is 11.5 Å². The van der Waals surface area contributed by atoms with Gasteiger partial charge < -0.3 is 15.5 Å². The molecule has 0 saturated carbocycles. The number of hydrogen-bond donors (Lipinski definition) is 3. The number of hydrogen-bond acceptors (Lipinski definition) is 6. The van der Waals surface area contributed by atoms with Crippen molar-refractivity contribution in [1.29, 1.82) is 0 Å². The van der Waals surface area contributed by atoms with Crippen LogP contribution in [0.5, 0.6) is 0 Å². The molecule has 3 heterocycles. The highest BCUT2D eigenvalue weighted by Gasteiger charge is 2.22. The van der Waals surface area contributed by atoms with Crippen LogP contribution in [0.1, 0.15) is 28.2 Å². The molecule has 0 aromatic carbocycles. The first-order valence-electron chi connectivity index (χ1n) is 8.41. The minimum absolute atomic E-state index is 0.111. The highest BCUT2D eigenvalue weighted by atomic mass is 16.2. The number of nitrogens with one attached hydrogen (secondary N) is 3. The van der Waals surface area contributed by atoms with Crippen LogP contribution in [0, 0.1) is 0 Å². The van der Waals surface area contributed by atoms with Gasteiger partial charge in [0, 0.05) is 44.3 Å². The number of anilines is 1. The average molecular weight is 327 g/mol. The number of fused-ring (bicyclic) bond motifs is 1. The molecule has 1 amide bonds. The number of aromatic nitrogens is 4. The van der Waals surface area contributed by atoms with Crippen molar-refractivity contribution in [3.05, 3.63) is 35.3 Å². The first-order chi connectivity index (χ1) is 11.8. The number of carbonyl (C=O) groups is 1. The normalized spacial score (nSPS) is 20.5. The monoisotopic (exact) mass is 327 g/mol. The second kappa shape index (κ2) is 6.56. The van der Waals surface area contributed by atoms with E-state index in [1.54, 1.807) is 6.07 Å². The first kappa shape index (κ1) is 15.1. The maximum absolute atomic E-state index is 12.4. The van der Waals surface area contributed by atoms with Crippen molar-refractivity contribution in [3.8, 4) is 0 Å². The van der Waals surface area contributed by atoms with Gasteiger partial charge in [0.05, 0.1) is 6.20 Å². The molecule has 1 atom stereocenters. The summed E-state index contributed by atoms with van der Waals surface area (Å²) in [6, 6.07) is 3.74. The molecule has 0 bridgehead atoms. The minimum Gasteiger partial charge on any atom is -0.353 e. The number of aryl methyl sites for hydroxylation is 1. The van der Waals surface area contributed by atoms with Gasteiger partial charge in [0.2, 0.25) is 0 Å². The van der Waals surface area contributed by atoms with Gasteiger partial charge in [-0.3, -0.25) is 9.89 Å². The van der Waals surface area contributed by atoms with Gasteiger partial charge in [-0.25, -0.2) is 0 Å². The van der Waals surface area contributed by atoms with Gasteiger partial charge in [0.1, 0.15) is 0 Å². The summed E-state index contributed by atoms with van der Waals surface area (Å²) in [7, 11) is 0. The van der Waals surface area contributed by atoms with Gasteiger partial charge in [-0.05, 0) is 30.5 Å². The van der Waals surface area contributed by atoms with Crippen molar-refractivity contribution in [1.82, 2.24) is 31.0 Å². The molecule has 2 aromatic rings. The lowest BCUT2D eigenvalue weighted by Crippen LogP contribution is -2.44. The Morgan fingerprint density at radius 2 is 2.12 bits per heavy atom. The van der Waals surface area contributed by atoms with Gasteiger partial charge in [-0.15, -0.1) is 10.2 Å². The predicted molar refractivity (Wildman–Crippen MR) is 89.0 cm³/mol. The molecule has 24 heavy (non-hydrogen) atoms. The molecular weight excluding hydrogens is 306 g/mol. The number of amides is 1. The summed E-state index contributed by atoms with van der Waals surface area (Å²) in [6.07, 6.45) is 4.51. The second-order valence-corrected chi connectivity index (χ2v) is 6.30. The van der Waals surface area contributed by atoms with E-state index < -0.39 is 0 Å². The molecule has 3 N–H and O–H groups in total. The van der Waals surface area contributed by atoms with Crippen molar-refractivity contribution in [3.63, 3.8) is 0 Å². The molecule has 0 radical (unpaired) electrons. The quantitative estimate of drug-likeness (QED) is 0.728. The number of aromatic amines is 1. The summed E-state index contributed by atoms with van der Waals surface area (Å²) in [5.41, 5.74) is 2.73. The summed E-state index contributed by atoms with van der Waals surface area (Å²) in [5.74, 6) is 0.662. The van der Waals surface area contributed by atoms with E-state index >= 15 is 0 Å². The lowest BCUT2D eigenvalue weighted by Gasteiger charge is -2.27. The molecule has 2 aromatic heterocycles. The van der Waals surface area contributed by atoms with E-state index in [4.69, 9.17) is 0 Å². The van der Waals surface area contributed by atoms with Crippen LogP contribution in [0.25, 0.3) is 0 Å². The smallest absolute Gasteiger partial charge is 0.272 e. The maximum Gasteiger partial charge on any atom is 0.272 e. The highest BCUT2D eigenvalue weighted by molar-refractivity contribution is 5.92. The molecule has 2 aliphatic rings. The molecule has 1 aliphatic carbocycles. The average Bonchev–Trinajstić information content (AvgIpc) is 3.10. The topological polar surface area (TPSA) is 98.8 Å². The fourth-order valence-electron chi connectivity index (χ4n) is 3.30. The number of piperazine rings is 1. The molecule has 126 valence electrons. The van der Waals surface area contributed by atoms with E-state index in [0.29, 0.717) is 5.69 Å². The van der Waals surface area contributed by atoms with Crippen molar-refractivity contribution < 1.29 is 4.79 Å². The van der Waals surface area contributed by atoms with E-state index in [0.717, 1.165) is 57.0 Å². The summed E-state index contributed by atoms with van der Waals surface area (Å²) in [4.78, 5) is 14.6. The SMILES string of the molecule is O=C(NC1CCc2cn[nH]c2C1)c1ccc(N2CCNCC2)nn1. The van der Waals surface area contributed by atoms with Crippen LogP contribution in [0.15, 0.2) is 18.3 Å². The lowest BCUT2D eigenvalue weighted by molar-refractivity contribution is 0.0927. The zero-order valence-corrected chi connectivity index (χ0v) is 13.5. The fourth-order valence-corrected chi connectivity index (χ4v) is 3.30. The van der Waals surface area contributed by atoms with Crippen LogP contribution in [0.2, 0.25) is 0 Å². The molecule has 4 rings (SSSR count). The summed E-state index contributed by atoms with van der Waals surface area (Å²) < 4.78 is 0. The van der Waals surface area contributed by atoms with Crippen LogP contribution in [-0.2, 0) is 12.8 Å². The van der Waals surface area contributed by atoms with Crippen LogP contribution in [0.3, 0.4) is 0 Å². The third kappa shape index (κ3) is 3.09. The van der Waals surface area contributed by atoms with E-state index in [9.17, 15) is 4.79 Å². The van der Waals surface area contributed by atoms with E-state index in [1.165, 1.54) is 5.56 Å². The molecule has 1 aliphatic heterocycles. The maximum atomic E-state index is 12.4. The summed E-state index contributed by atoms with van der Waals surface area (Å²) >= 11 is 0. The van der Waals surface area contributed by atoms with Crippen molar-refractivity contribution in [2.75, 3.05) is 31.1 Å². The van der Waals surface area contributed by atoms with Gasteiger partial charge in [-0.2, -0.15) is 5.10 Å². The Bertz CT molecular complexity index is 705. The van der Waals surface area contributed by atoms with E-state index in [-0.39, 0.29) is 11.9 Å². The van der Waals surface area contributed by atoms with Gasteiger partial charge in [-0.1, -0.05) is 0 Å². The largest absolute Gasteiger partial charge is 0.353 e. The number of rotatable bonds is 3. The van der Waals surface area contributed by atoms with Gasteiger partial charge in [0.25, 0.3) is 5.91 Å². The molecule has 8 nitrogen and oxygen atoms in total. The van der Waals surface area contributed by atoms with Crippen LogP contribution in [-0.4, -0.2) is 58.5 Å². The van der Waals surface area contributed by atoms with Crippen molar-refractivity contribution in [2.45, 2.75) is 25.3 Å². The van der Waals surface area contributed by atoms with E-state index in [1.807, 2.05) is 12.3 Å². The van der Waals surface area contributed by atoms with Crippen LogP contribution < -0.4 is 15.5 Å². The Kier molecular flexibility index (Phi) is 4.12.